The summed E-state index contributed by atoms with van der Waals surface area (Å²) in [4.78, 5) is 10.7. The topological polar surface area (TPSA) is 184 Å². The van der Waals surface area contributed by atoms with Gasteiger partial charge in [0.2, 0.25) is 0 Å². The minimum Gasteiger partial charge on any atom is -0.480 e. The molecular formula is C11H18N4O7. The van der Waals surface area contributed by atoms with Gasteiger partial charge in [-0.15, -0.1) is 5.10 Å². The first-order chi connectivity index (χ1) is 10.3. The van der Waals surface area contributed by atoms with E-state index in [1.54, 1.807) is 0 Å². The Bertz CT molecular complexity index is 522. The number of aromatic nitrogens is 3. The monoisotopic (exact) mass is 318 g/mol. The number of hydrogen-bond donors (Lipinski definition) is 6. The molecule has 1 aliphatic rings. The van der Waals surface area contributed by atoms with Crippen LogP contribution >= 0.6 is 0 Å². The molecule has 1 aromatic rings. The summed E-state index contributed by atoms with van der Waals surface area (Å²) in [5.74, 6) is -1.19. The Balaban J connectivity index is 2.13. The third-order valence-corrected chi connectivity index (χ3v) is 3.43. The van der Waals surface area contributed by atoms with Gasteiger partial charge in [-0.2, -0.15) is 0 Å². The van der Waals surface area contributed by atoms with E-state index in [0.29, 0.717) is 0 Å². The van der Waals surface area contributed by atoms with Gasteiger partial charge in [0.05, 0.1) is 18.5 Å². The second kappa shape index (κ2) is 6.64. The fourth-order valence-electron chi connectivity index (χ4n) is 2.14. The van der Waals surface area contributed by atoms with Crippen LogP contribution in [0.15, 0.2) is 6.20 Å². The van der Waals surface area contributed by atoms with Gasteiger partial charge in [0.1, 0.15) is 30.5 Å². The molecule has 1 saturated heterocycles. The van der Waals surface area contributed by atoms with Crippen molar-refractivity contribution in [2.24, 2.45) is 5.73 Å². The highest BCUT2D eigenvalue weighted by Gasteiger charge is 2.44. The van der Waals surface area contributed by atoms with Gasteiger partial charge >= 0.3 is 5.97 Å². The van der Waals surface area contributed by atoms with Gasteiger partial charge in [0.15, 0.2) is 6.23 Å². The van der Waals surface area contributed by atoms with Crippen LogP contribution in [0.3, 0.4) is 0 Å². The summed E-state index contributed by atoms with van der Waals surface area (Å²) in [7, 11) is 0. The van der Waals surface area contributed by atoms with Crippen molar-refractivity contribution in [3.63, 3.8) is 0 Å². The normalized spacial score (nSPS) is 33.6. The number of nitrogens with two attached hydrogens (primary N) is 1. The molecule has 0 saturated carbocycles. The molecule has 2 heterocycles. The van der Waals surface area contributed by atoms with Crippen LogP contribution in [0, 0.1) is 0 Å². The summed E-state index contributed by atoms with van der Waals surface area (Å²) in [5.41, 5.74) is 5.64. The van der Waals surface area contributed by atoms with Crippen LogP contribution in [-0.4, -0.2) is 83.6 Å². The smallest absolute Gasteiger partial charge is 0.320 e. The molecule has 0 spiro atoms. The van der Waals surface area contributed by atoms with Crippen molar-refractivity contribution in [1.82, 2.24) is 15.0 Å². The number of carbonyl (C=O) groups is 1. The average molecular weight is 318 g/mol. The molecule has 0 unspecified atom stereocenters. The Labute approximate surface area is 124 Å². The number of aliphatic carboxylic acids is 1. The van der Waals surface area contributed by atoms with Gasteiger partial charge in [-0.05, 0) is 0 Å². The summed E-state index contributed by atoms with van der Waals surface area (Å²) in [6, 6.07) is -1.15. The van der Waals surface area contributed by atoms with E-state index >= 15 is 0 Å². The molecule has 0 aliphatic carbocycles. The summed E-state index contributed by atoms with van der Waals surface area (Å²) < 4.78 is 6.36. The number of aliphatic hydroxyl groups is 4. The predicted molar refractivity (Wildman–Crippen MR) is 68.4 cm³/mol. The van der Waals surface area contributed by atoms with Gasteiger partial charge in [-0.3, -0.25) is 4.79 Å². The minimum atomic E-state index is -1.54. The number of carboxylic acid groups (broad SMARTS) is 1. The first-order valence-corrected chi connectivity index (χ1v) is 6.54. The molecular weight excluding hydrogens is 300 g/mol. The number of aliphatic hydroxyl groups excluding tert-OH is 4. The van der Waals surface area contributed by atoms with Crippen LogP contribution in [0.5, 0.6) is 0 Å². The molecule has 2 rings (SSSR count). The van der Waals surface area contributed by atoms with Gasteiger partial charge in [-0.1, -0.05) is 5.21 Å². The third-order valence-electron chi connectivity index (χ3n) is 3.43. The van der Waals surface area contributed by atoms with Gasteiger partial charge < -0.3 is 36.0 Å². The predicted octanol–water partition coefficient (Wildman–Crippen LogP) is -3.80. The second-order valence-corrected chi connectivity index (χ2v) is 5.06. The highest BCUT2D eigenvalue weighted by Crippen LogP contribution is 2.27. The quantitative estimate of drug-likeness (QED) is 0.314. The Kier molecular flexibility index (Phi) is 5.05. The van der Waals surface area contributed by atoms with E-state index < -0.39 is 49.3 Å². The number of nitrogens with zero attached hydrogens (tertiary/aromatic N) is 3. The highest BCUT2D eigenvalue weighted by atomic mass is 16.6. The molecule has 1 aliphatic heterocycles. The van der Waals surface area contributed by atoms with E-state index in [1.807, 2.05) is 0 Å². The molecule has 6 atom stereocenters. The lowest BCUT2D eigenvalue weighted by Gasteiger charge is -2.39. The van der Waals surface area contributed by atoms with Crippen molar-refractivity contribution in [3.05, 3.63) is 11.9 Å². The van der Waals surface area contributed by atoms with Crippen LogP contribution in [0.25, 0.3) is 0 Å². The number of hydrogen-bond acceptors (Lipinski definition) is 9. The Hall–Kier alpha value is -1.63. The maximum Gasteiger partial charge on any atom is 0.320 e. The maximum atomic E-state index is 10.7. The number of carboxylic acids is 1. The summed E-state index contributed by atoms with van der Waals surface area (Å²) in [6.45, 7) is -0.563. The first kappa shape index (κ1) is 16.7. The lowest BCUT2D eigenvalue weighted by Crippen LogP contribution is -2.56. The van der Waals surface area contributed by atoms with Crippen LogP contribution < -0.4 is 5.73 Å². The fraction of sp³-hybridized carbons (Fsp3) is 0.727. The molecule has 7 N–H and O–H groups in total. The molecule has 0 bridgehead atoms. The van der Waals surface area contributed by atoms with E-state index in [9.17, 15) is 20.1 Å². The van der Waals surface area contributed by atoms with Crippen molar-refractivity contribution in [2.45, 2.75) is 43.1 Å². The van der Waals surface area contributed by atoms with E-state index in [-0.39, 0.29) is 12.1 Å². The van der Waals surface area contributed by atoms with Crippen molar-refractivity contribution in [1.29, 1.82) is 0 Å². The Morgan fingerprint density at radius 2 is 2.05 bits per heavy atom. The van der Waals surface area contributed by atoms with Gasteiger partial charge in [-0.25, -0.2) is 4.68 Å². The van der Waals surface area contributed by atoms with Crippen LogP contribution in [0.1, 0.15) is 11.9 Å². The largest absolute Gasteiger partial charge is 0.480 e. The lowest BCUT2D eigenvalue weighted by molar-refractivity contribution is -0.254. The van der Waals surface area contributed by atoms with E-state index in [4.69, 9.17) is 20.7 Å². The van der Waals surface area contributed by atoms with Crippen LogP contribution in [0.2, 0.25) is 0 Å². The number of ether oxygens (including phenoxy) is 1. The second-order valence-electron chi connectivity index (χ2n) is 5.06. The zero-order valence-electron chi connectivity index (χ0n) is 11.4. The standard InChI is InChI=1S/C11H18N4O7/c12-5(11(20)21)1-4-2-15(14-13-4)10-9(19)8(18)7(17)6(3-16)22-10/h2,5-10,16-19H,1,3,12H2,(H,20,21)/t5-,6+,7-,8-,9+,10+/m0/s1. The first-order valence-electron chi connectivity index (χ1n) is 6.54. The molecule has 1 aromatic heterocycles. The van der Waals surface area contributed by atoms with Crippen LogP contribution in [0.4, 0.5) is 0 Å². The molecule has 0 radical (unpaired) electrons. The van der Waals surface area contributed by atoms with Crippen molar-refractivity contribution in [2.75, 3.05) is 6.61 Å². The molecule has 11 nitrogen and oxygen atoms in total. The minimum absolute atomic E-state index is 0.0766. The lowest BCUT2D eigenvalue weighted by atomic mass is 9.98. The Morgan fingerprint density at radius 3 is 2.64 bits per heavy atom. The van der Waals surface area contributed by atoms with Crippen molar-refractivity contribution < 1.29 is 35.1 Å². The van der Waals surface area contributed by atoms with E-state index in [2.05, 4.69) is 10.3 Å². The zero-order valence-corrected chi connectivity index (χ0v) is 11.4. The third kappa shape index (κ3) is 3.24. The van der Waals surface area contributed by atoms with E-state index in [0.717, 1.165) is 4.68 Å². The SMILES string of the molecule is N[C@@H](Cc1cn([C@@H]2O[C@H](CO)[C@H](O)[C@H](O)[C@H]2O)nn1)C(=O)O. The average Bonchev–Trinajstić information content (AvgIpc) is 2.93. The van der Waals surface area contributed by atoms with Crippen molar-refractivity contribution in [3.8, 4) is 0 Å². The molecule has 22 heavy (non-hydrogen) atoms. The molecule has 124 valence electrons. The highest BCUT2D eigenvalue weighted by molar-refractivity contribution is 5.73. The summed E-state index contributed by atoms with van der Waals surface area (Å²) in [5, 5.41) is 54.6. The maximum absolute atomic E-state index is 10.7. The summed E-state index contributed by atoms with van der Waals surface area (Å²) in [6.07, 6.45) is -5.53. The van der Waals surface area contributed by atoms with Crippen molar-refractivity contribution >= 4 is 5.97 Å². The van der Waals surface area contributed by atoms with Gasteiger partial charge in [0.25, 0.3) is 0 Å². The fourth-order valence-corrected chi connectivity index (χ4v) is 2.14. The van der Waals surface area contributed by atoms with E-state index in [1.165, 1.54) is 6.20 Å². The molecule has 0 aromatic carbocycles. The number of rotatable bonds is 5. The van der Waals surface area contributed by atoms with Gasteiger partial charge in [0, 0.05) is 6.42 Å². The molecule has 1 fully saturated rings. The summed E-state index contributed by atoms with van der Waals surface area (Å²) >= 11 is 0. The zero-order chi connectivity index (χ0) is 16.4. The van der Waals surface area contributed by atoms with Crippen LogP contribution in [-0.2, 0) is 16.0 Å². The molecule has 11 heteroatoms. The Morgan fingerprint density at radius 1 is 1.36 bits per heavy atom. The molecule has 0 amide bonds.